The fraction of sp³-hybridized carbons (Fsp3) is 0.417. The van der Waals surface area contributed by atoms with Crippen molar-refractivity contribution in [2.24, 2.45) is 0 Å². The molecule has 32 heavy (non-hydrogen) atoms. The maximum Gasteiger partial charge on any atom is 0.140 e. The fourth-order valence-electron chi connectivity index (χ4n) is 4.37. The molecule has 2 aromatic carbocycles. The molecule has 2 N–H and O–H groups in total. The summed E-state index contributed by atoms with van der Waals surface area (Å²) in [6.45, 7) is 2.55. The third-order valence-corrected chi connectivity index (χ3v) is 6.20. The summed E-state index contributed by atoms with van der Waals surface area (Å²) in [6, 6.07) is 18.7. The van der Waals surface area contributed by atoms with Crippen LogP contribution >= 0.6 is 0 Å². The van der Waals surface area contributed by atoms with Crippen molar-refractivity contribution in [1.29, 1.82) is 0 Å². The van der Waals surface area contributed by atoms with Crippen molar-refractivity contribution < 1.29 is 19.5 Å². The average Bonchev–Trinajstić information content (AvgIpc) is 3.54. The quantitative estimate of drug-likeness (QED) is 0.575. The number of fused-ring (bicyclic) bond motifs is 1. The van der Waals surface area contributed by atoms with Crippen molar-refractivity contribution in [3.05, 3.63) is 72.1 Å². The van der Waals surface area contributed by atoms with E-state index in [4.69, 9.17) is 14.2 Å². The Hall–Kier alpha value is -2.94. The number of anilines is 1. The molecule has 0 unspecified atom stereocenters. The van der Waals surface area contributed by atoms with Crippen LogP contribution in [0.2, 0.25) is 0 Å². The van der Waals surface area contributed by atoms with Gasteiger partial charge >= 0.3 is 0 Å². The molecular weight excluding hydrogens is 406 g/mol. The van der Waals surface area contributed by atoms with E-state index < -0.39 is 0 Å². The Morgan fingerprint density at radius 2 is 1.81 bits per heavy atom. The largest absolute Gasteiger partial charge is 0.487 e. The van der Waals surface area contributed by atoms with E-state index in [0.717, 1.165) is 18.0 Å². The highest BCUT2D eigenvalue weighted by Gasteiger charge is 2.50. The first-order valence-corrected chi connectivity index (χ1v) is 11.1. The standard InChI is InChI=1S/C24H29N5O3/c1-28(2)19-10-8-17(9-11-19)12-25-21-15-31-24-22(16-32-23(21)24)29-13-18(26-27-29)14-30-20-6-4-3-5-7-20/h3-11,13,21-25H,12,14-16H2,1-2H3/p+1/t21-,22-,23+,24+/m0/s1. The molecule has 8 nitrogen and oxygen atoms in total. The smallest absolute Gasteiger partial charge is 0.140 e. The van der Waals surface area contributed by atoms with Gasteiger partial charge in [0.25, 0.3) is 0 Å². The molecule has 2 saturated heterocycles. The van der Waals surface area contributed by atoms with E-state index in [1.807, 2.05) is 41.2 Å². The van der Waals surface area contributed by atoms with Crippen molar-refractivity contribution in [1.82, 2.24) is 15.0 Å². The molecule has 168 valence electrons. The van der Waals surface area contributed by atoms with E-state index in [1.165, 1.54) is 11.3 Å². The number of hydrogen-bond acceptors (Lipinski definition) is 6. The van der Waals surface area contributed by atoms with Crippen LogP contribution in [0, 0.1) is 0 Å². The number of para-hydroxylation sites is 1. The maximum absolute atomic E-state index is 6.15. The molecule has 0 amide bonds. The summed E-state index contributed by atoms with van der Waals surface area (Å²) in [5.74, 6) is 0.820. The molecule has 4 atom stereocenters. The monoisotopic (exact) mass is 436 g/mol. The van der Waals surface area contributed by atoms with Gasteiger partial charge in [-0.1, -0.05) is 35.5 Å². The molecule has 1 aromatic heterocycles. The van der Waals surface area contributed by atoms with Gasteiger partial charge in [-0.3, -0.25) is 0 Å². The van der Waals surface area contributed by atoms with Gasteiger partial charge in [0.2, 0.25) is 0 Å². The minimum atomic E-state index is -0.00282. The first-order valence-electron chi connectivity index (χ1n) is 11.1. The summed E-state index contributed by atoms with van der Waals surface area (Å²) in [4.78, 5) is 2.11. The van der Waals surface area contributed by atoms with E-state index in [-0.39, 0.29) is 24.3 Å². The van der Waals surface area contributed by atoms with E-state index in [0.29, 0.717) is 19.8 Å². The fourth-order valence-corrected chi connectivity index (χ4v) is 4.37. The molecular formula is C24H30N5O3+. The lowest BCUT2D eigenvalue weighted by Gasteiger charge is -2.16. The molecule has 0 spiro atoms. The Labute approximate surface area is 188 Å². The van der Waals surface area contributed by atoms with Gasteiger partial charge in [0.1, 0.15) is 55.5 Å². The first-order chi connectivity index (χ1) is 15.7. The molecule has 0 bridgehead atoms. The van der Waals surface area contributed by atoms with Crippen LogP contribution in [0.5, 0.6) is 5.75 Å². The number of nitrogens with zero attached hydrogens (tertiary/aromatic N) is 4. The zero-order valence-corrected chi connectivity index (χ0v) is 18.5. The Morgan fingerprint density at radius 3 is 2.59 bits per heavy atom. The van der Waals surface area contributed by atoms with Crippen LogP contribution in [0.3, 0.4) is 0 Å². The Bertz CT molecular complexity index is 1010. The van der Waals surface area contributed by atoms with Gasteiger partial charge in [-0.2, -0.15) is 0 Å². The summed E-state index contributed by atoms with van der Waals surface area (Å²) >= 11 is 0. The lowest BCUT2D eigenvalue weighted by molar-refractivity contribution is -0.707. The average molecular weight is 437 g/mol. The molecule has 2 fully saturated rings. The second kappa shape index (κ2) is 9.28. The maximum atomic E-state index is 6.15. The van der Waals surface area contributed by atoms with Crippen LogP contribution in [0.4, 0.5) is 5.69 Å². The molecule has 5 rings (SSSR count). The summed E-state index contributed by atoms with van der Waals surface area (Å²) in [5.41, 5.74) is 3.30. The van der Waals surface area contributed by atoms with Crippen LogP contribution in [-0.4, -0.2) is 60.6 Å². The van der Waals surface area contributed by atoms with Crippen molar-refractivity contribution in [3.8, 4) is 5.75 Å². The van der Waals surface area contributed by atoms with E-state index in [2.05, 4.69) is 58.9 Å². The highest BCUT2D eigenvalue weighted by atomic mass is 16.6. The molecule has 0 aliphatic carbocycles. The molecule has 3 heterocycles. The molecule has 2 aliphatic heterocycles. The van der Waals surface area contributed by atoms with Gasteiger partial charge < -0.3 is 24.4 Å². The Balaban J connectivity index is 1.15. The van der Waals surface area contributed by atoms with Gasteiger partial charge in [-0.25, -0.2) is 4.68 Å². The lowest BCUT2D eigenvalue weighted by Crippen LogP contribution is -2.91. The van der Waals surface area contributed by atoms with Crippen LogP contribution in [0.1, 0.15) is 17.3 Å². The van der Waals surface area contributed by atoms with Gasteiger partial charge in [-0.15, -0.1) is 5.10 Å². The minimum absolute atomic E-state index is 0.00282. The third-order valence-electron chi connectivity index (χ3n) is 6.20. The summed E-state index contributed by atoms with van der Waals surface area (Å²) in [6.07, 6.45) is 2.00. The lowest BCUT2D eigenvalue weighted by atomic mass is 10.1. The molecule has 2 aliphatic rings. The third kappa shape index (κ3) is 4.48. The molecule has 0 radical (unpaired) electrons. The molecule has 0 saturated carbocycles. The van der Waals surface area contributed by atoms with Crippen molar-refractivity contribution >= 4 is 5.69 Å². The van der Waals surface area contributed by atoms with Crippen LogP contribution < -0.4 is 15.0 Å². The van der Waals surface area contributed by atoms with E-state index >= 15 is 0 Å². The second-order valence-corrected chi connectivity index (χ2v) is 8.62. The molecule has 8 heteroatoms. The van der Waals surface area contributed by atoms with Crippen LogP contribution in [0.25, 0.3) is 0 Å². The Morgan fingerprint density at radius 1 is 1.03 bits per heavy atom. The normalized spacial score (nSPS) is 24.4. The second-order valence-electron chi connectivity index (χ2n) is 8.62. The predicted molar refractivity (Wildman–Crippen MR) is 119 cm³/mol. The summed E-state index contributed by atoms with van der Waals surface area (Å²) < 4.78 is 20.0. The van der Waals surface area contributed by atoms with Crippen LogP contribution in [-0.2, 0) is 22.6 Å². The minimum Gasteiger partial charge on any atom is -0.487 e. The Kier molecular flexibility index (Phi) is 6.07. The van der Waals surface area contributed by atoms with Crippen molar-refractivity contribution in [2.75, 3.05) is 32.2 Å². The van der Waals surface area contributed by atoms with Gasteiger partial charge in [0.15, 0.2) is 0 Å². The van der Waals surface area contributed by atoms with Crippen molar-refractivity contribution in [2.45, 2.75) is 37.4 Å². The van der Waals surface area contributed by atoms with Gasteiger partial charge in [-0.05, 0) is 24.3 Å². The number of rotatable bonds is 8. The van der Waals surface area contributed by atoms with E-state index in [1.54, 1.807) is 0 Å². The molecule has 3 aromatic rings. The number of quaternary nitrogens is 1. The number of benzene rings is 2. The van der Waals surface area contributed by atoms with Crippen molar-refractivity contribution in [3.63, 3.8) is 0 Å². The zero-order chi connectivity index (χ0) is 21.9. The number of nitrogens with two attached hydrogens (primary N) is 1. The predicted octanol–water partition coefficient (Wildman–Crippen LogP) is 1.39. The zero-order valence-electron chi connectivity index (χ0n) is 18.5. The SMILES string of the molecule is CN(C)c1ccc(C[NH2+][C@H]2CO[C@H]3[C@@H]2OC[C@@H]3n2cc(COc3ccccc3)nn2)cc1. The van der Waals surface area contributed by atoms with E-state index in [9.17, 15) is 0 Å². The summed E-state index contributed by atoms with van der Waals surface area (Å²) in [7, 11) is 4.11. The summed E-state index contributed by atoms with van der Waals surface area (Å²) in [5, 5.41) is 10.9. The van der Waals surface area contributed by atoms with Gasteiger partial charge in [0, 0.05) is 25.3 Å². The number of hydrogen-bond donors (Lipinski definition) is 1. The first kappa shape index (κ1) is 20.9. The number of aromatic nitrogens is 3. The highest BCUT2D eigenvalue weighted by molar-refractivity contribution is 5.45. The number of ether oxygens (including phenoxy) is 3. The van der Waals surface area contributed by atoms with Gasteiger partial charge in [0.05, 0.1) is 12.8 Å². The topological polar surface area (TPSA) is 78.2 Å². The highest BCUT2D eigenvalue weighted by Crippen LogP contribution is 2.33. The van der Waals surface area contributed by atoms with Crippen LogP contribution in [0.15, 0.2) is 60.8 Å².